The lowest BCUT2D eigenvalue weighted by molar-refractivity contribution is 0.0714. The van der Waals surface area contributed by atoms with Gasteiger partial charge < -0.3 is 16.2 Å². The van der Waals surface area contributed by atoms with Gasteiger partial charge in [-0.05, 0) is 12.8 Å². The van der Waals surface area contributed by atoms with E-state index in [0.29, 0.717) is 10.8 Å². The number of carbonyl (C=O) groups is 1. The first kappa shape index (κ1) is 11.3. The molecule has 1 aliphatic carbocycles. The maximum atomic E-state index is 11.7. The van der Waals surface area contributed by atoms with Crippen molar-refractivity contribution in [3.8, 4) is 0 Å². The summed E-state index contributed by atoms with van der Waals surface area (Å²) in [5, 5.41) is 14.5. The molecule has 1 saturated carbocycles. The van der Waals surface area contributed by atoms with Gasteiger partial charge in [-0.15, -0.1) is 11.3 Å². The molecule has 0 saturated heterocycles. The van der Waals surface area contributed by atoms with E-state index < -0.39 is 6.10 Å². The number of nitrogen functional groups attached to an aromatic ring is 1. The summed E-state index contributed by atoms with van der Waals surface area (Å²) in [5.74, 6) is -0.251. The molecular formula is C10H15N3O2S. The normalized spacial score (nSPS) is 25.3. The summed E-state index contributed by atoms with van der Waals surface area (Å²) in [6.07, 6.45) is 3.21. The Morgan fingerprint density at radius 3 is 2.94 bits per heavy atom. The average Bonchev–Trinajstić information content (AvgIpc) is 2.68. The third kappa shape index (κ3) is 2.51. The summed E-state index contributed by atoms with van der Waals surface area (Å²) in [6.45, 7) is 0. The van der Waals surface area contributed by atoms with Crippen molar-refractivity contribution < 1.29 is 9.90 Å². The van der Waals surface area contributed by atoms with Crippen LogP contribution in [0.4, 0.5) is 5.13 Å². The lowest BCUT2D eigenvalue weighted by atomic mass is 9.92. The van der Waals surface area contributed by atoms with E-state index in [-0.39, 0.29) is 11.9 Å². The Balaban J connectivity index is 1.96. The van der Waals surface area contributed by atoms with Gasteiger partial charge in [-0.3, -0.25) is 4.79 Å². The van der Waals surface area contributed by atoms with Crippen LogP contribution in [0.1, 0.15) is 36.2 Å². The minimum Gasteiger partial charge on any atom is -0.391 e. The van der Waals surface area contributed by atoms with E-state index >= 15 is 0 Å². The Hall–Kier alpha value is -1.14. The fourth-order valence-electron chi connectivity index (χ4n) is 1.91. The zero-order valence-electron chi connectivity index (χ0n) is 8.85. The van der Waals surface area contributed by atoms with Crippen LogP contribution in [0.15, 0.2) is 5.38 Å². The maximum Gasteiger partial charge on any atom is 0.271 e. The molecule has 1 fully saturated rings. The number of aromatic nitrogens is 1. The minimum absolute atomic E-state index is 0.149. The zero-order valence-corrected chi connectivity index (χ0v) is 9.67. The predicted octanol–water partition coefficient (Wildman–Crippen LogP) is 0.759. The first-order valence-corrected chi connectivity index (χ1v) is 6.24. The van der Waals surface area contributed by atoms with Gasteiger partial charge in [0.2, 0.25) is 0 Å². The van der Waals surface area contributed by atoms with Gasteiger partial charge in [0.05, 0.1) is 12.1 Å². The molecule has 0 radical (unpaired) electrons. The van der Waals surface area contributed by atoms with Crippen molar-refractivity contribution in [3.63, 3.8) is 0 Å². The van der Waals surface area contributed by atoms with Crippen LogP contribution < -0.4 is 11.1 Å². The molecule has 0 spiro atoms. The summed E-state index contributed by atoms with van der Waals surface area (Å²) in [6, 6.07) is -0.149. The largest absolute Gasteiger partial charge is 0.391 e. The average molecular weight is 241 g/mol. The number of anilines is 1. The number of aliphatic hydroxyl groups is 1. The summed E-state index contributed by atoms with van der Waals surface area (Å²) in [4.78, 5) is 15.6. The highest BCUT2D eigenvalue weighted by Gasteiger charge is 2.25. The molecule has 88 valence electrons. The first-order valence-electron chi connectivity index (χ1n) is 5.37. The van der Waals surface area contributed by atoms with Gasteiger partial charge >= 0.3 is 0 Å². The molecule has 5 nitrogen and oxygen atoms in total. The van der Waals surface area contributed by atoms with Gasteiger partial charge in [0.15, 0.2) is 5.13 Å². The lowest BCUT2D eigenvalue weighted by Crippen LogP contribution is -2.45. The van der Waals surface area contributed by atoms with Crippen molar-refractivity contribution in [2.24, 2.45) is 0 Å². The highest BCUT2D eigenvalue weighted by Crippen LogP contribution is 2.19. The second-order valence-corrected chi connectivity index (χ2v) is 4.89. The van der Waals surface area contributed by atoms with Gasteiger partial charge in [0.25, 0.3) is 5.91 Å². The summed E-state index contributed by atoms with van der Waals surface area (Å²) in [5.41, 5.74) is 5.79. The number of thiazole rings is 1. The molecule has 0 unspecified atom stereocenters. The summed E-state index contributed by atoms with van der Waals surface area (Å²) < 4.78 is 0. The number of amides is 1. The zero-order chi connectivity index (χ0) is 11.5. The van der Waals surface area contributed by atoms with Crippen molar-refractivity contribution >= 4 is 22.4 Å². The molecule has 6 heteroatoms. The molecule has 2 atom stereocenters. The van der Waals surface area contributed by atoms with Crippen LogP contribution >= 0.6 is 11.3 Å². The van der Waals surface area contributed by atoms with Gasteiger partial charge in [-0.25, -0.2) is 4.98 Å². The molecular weight excluding hydrogens is 226 g/mol. The molecule has 1 heterocycles. The van der Waals surface area contributed by atoms with Crippen molar-refractivity contribution in [2.45, 2.75) is 37.8 Å². The predicted molar refractivity (Wildman–Crippen MR) is 62.3 cm³/mol. The van der Waals surface area contributed by atoms with E-state index in [9.17, 15) is 9.90 Å². The molecule has 1 amide bonds. The van der Waals surface area contributed by atoms with Crippen molar-refractivity contribution in [1.82, 2.24) is 10.3 Å². The van der Waals surface area contributed by atoms with Crippen LogP contribution in [-0.4, -0.2) is 28.1 Å². The lowest BCUT2D eigenvalue weighted by Gasteiger charge is -2.27. The Kier molecular flexibility index (Phi) is 3.40. The third-order valence-electron chi connectivity index (χ3n) is 2.80. The monoisotopic (exact) mass is 241 g/mol. The van der Waals surface area contributed by atoms with Crippen molar-refractivity contribution in [3.05, 3.63) is 11.1 Å². The van der Waals surface area contributed by atoms with Gasteiger partial charge in [0.1, 0.15) is 5.69 Å². The SMILES string of the molecule is Nc1nc(C(=O)N[C@H]2CCCC[C@@H]2O)cs1. The summed E-state index contributed by atoms with van der Waals surface area (Å²) >= 11 is 1.24. The highest BCUT2D eigenvalue weighted by molar-refractivity contribution is 7.13. The molecule has 0 aromatic carbocycles. The summed E-state index contributed by atoms with van der Waals surface area (Å²) in [7, 11) is 0. The number of rotatable bonds is 2. The Labute approximate surface area is 97.7 Å². The van der Waals surface area contributed by atoms with Crippen LogP contribution in [0.5, 0.6) is 0 Å². The molecule has 2 rings (SSSR count). The van der Waals surface area contributed by atoms with Crippen LogP contribution in [0.25, 0.3) is 0 Å². The smallest absolute Gasteiger partial charge is 0.271 e. The quantitative estimate of drug-likeness (QED) is 0.713. The second-order valence-electron chi connectivity index (χ2n) is 4.00. The Morgan fingerprint density at radius 1 is 1.56 bits per heavy atom. The van der Waals surface area contributed by atoms with Gasteiger partial charge in [-0.1, -0.05) is 12.8 Å². The Bertz CT molecular complexity index is 380. The van der Waals surface area contributed by atoms with E-state index in [2.05, 4.69) is 10.3 Å². The van der Waals surface area contributed by atoms with Crippen LogP contribution in [0.3, 0.4) is 0 Å². The van der Waals surface area contributed by atoms with E-state index in [0.717, 1.165) is 25.7 Å². The number of carbonyl (C=O) groups excluding carboxylic acids is 1. The molecule has 16 heavy (non-hydrogen) atoms. The van der Waals surface area contributed by atoms with E-state index in [1.165, 1.54) is 11.3 Å². The van der Waals surface area contributed by atoms with Crippen LogP contribution in [0.2, 0.25) is 0 Å². The van der Waals surface area contributed by atoms with Gasteiger partial charge in [0, 0.05) is 5.38 Å². The van der Waals surface area contributed by atoms with Crippen LogP contribution in [-0.2, 0) is 0 Å². The number of nitrogens with zero attached hydrogens (tertiary/aromatic N) is 1. The standard InChI is InChI=1S/C10H15N3O2S/c11-10-13-7(5-16-10)9(15)12-6-3-1-2-4-8(6)14/h5-6,8,14H,1-4H2,(H2,11,13)(H,12,15)/t6-,8-/m0/s1. The third-order valence-corrected chi connectivity index (χ3v) is 3.47. The molecule has 1 aromatic heterocycles. The number of hydrogen-bond acceptors (Lipinski definition) is 5. The fraction of sp³-hybridized carbons (Fsp3) is 0.600. The first-order chi connectivity index (χ1) is 7.66. The molecule has 4 N–H and O–H groups in total. The molecule has 0 aliphatic heterocycles. The number of nitrogens with one attached hydrogen (secondary N) is 1. The number of hydrogen-bond donors (Lipinski definition) is 3. The van der Waals surface area contributed by atoms with Crippen molar-refractivity contribution in [2.75, 3.05) is 5.73 Å². The van der Waals surface area contributed by atoms with Crippen molar-refractivity contribution in [1.29, 1.82) is 0 Å². The highest BCUT2D eigenvalue weighted by atomic mass is 32.1. The molecule has 0 bridgehead atoms. The van der Waals surface area contributed by atoms with E-state index in [1.807, 2.05) is 0 Å². The molecule has 1 aromatic rings. The fourth-order valence-corrected chi connectivity index (χ4v) is 2.46. The number of nitrogens with two attached hydrogens (primary N) is 1. The van der Waals surface area contributed by atoms with Crippen LogP contribution in [0, 0.1) is 0 Å². The molecule has 1 aliphatic rings. The topological polar surface area (TPSA) is 88.2 Å². The minimum atomic E-state index is -0.436. The second kappa shape index (κ2) is 4.80. The van der Waals surface area contributed by atoms with E-state index in [4.69, 9.17) is 5.73 Å². The Morgan fingerprint density at radius 2 is 2.31 bits per heavy atom. The maximum absolute atomic E-state index is 11.7. The number of aliphatic hydroxyl groups excluding tert-OH is 1. The van der Waals surface area contributed by atoms with E-state index in [1.54, 1.807) is 5.38 Å². The van der Waals surface area contributed by atoms with Gasteiger partial charge in [-0.2, -0.15) is 0 Å².